The van der Waals surface area contributed by atoms with Gasteiger partial charge in [-0.3, -0.25) is 14.4 Å². The second-order valence-corrected chi connectivity index (χ2v) is 9.63. The van der Waals surface area contributed by atoms with Crippen LogP contribution in [0.5, 0.6) is 5.75 Å². The molecule has 4 heterocycles. The molecule has 1 aromatic carbocycles. The Morgan fingerprint density at radius 3 is 2.50 bits per heavy atom. The van der Waals surface area contributed by atoms with E-state index < -0.39 is 17.6 Å². The maximum absolute atomic E-state index is 13.4. The molecule has 190 valence electrons. The second kappa shape index (κ2) is 10.3. The van der Waals surface area contributed by atoms with Crippen LogP contribution in [0.4, 0.5) is 0 Å². The van der Waals surface area contributed by atoms with Crippen LogP contribution in [0.3, 0.4) is 0 Å². The van der Waals surface area contributed by atoms with Gasteiger partial charge < -0.3 is 20.4 Å². The standard InChI is InChI=1S/C27H22N6O4S/c1-37-19-13-31-23(26-32-14-20(38-26)25(29)35)22-21(19)18(12-30-22)24(34)27(36)33-9-7-16(8-10-33)17(11-28)15-5-3-2-4-6-15/h2-6,12-14,30H,7-10H2,1H3,(H2,29,35). The van der Waals surface area contributed by atoms with E-state index >= 15 is 0 Å². The quantitative estimate of drug-likeness (QED) is 0.221. The van der Waals surface area contributed by atoms with Crippen molar-refractivity contribution < 1.29 is 19.1 Å². The Labute approximate surface area is 221 Å². The SMILES string of the molecule is COc1cnc(-c2ncc(C(N)=O)s2)c2[nH]cc(C(=O)C(=O)N3CCC(=C(C#N)c4ccccc4)CC3)c12. The number of primary amides is 1. The fraction of sp³-hybridized carbons (Fsp3) is 0.185. The number of H-pyrrole nitrogens is 1. The highest BCUT2D eigenvalue weighted by Gasteiger charge is 2.30. The average molecular weight is 527 g/mol. The fourth-order valence-electron chi connectivity index (χ4n) is 4.55. The number of aromatic amines is 1. The fourth-order valence-corrected chi connectivity index (χ4v) is 5.32. The summed E-state index contributed by atoms with van der Waals surface area (Å²) in [5.41, 5.74) is 8.80. The molecule has 0 unspecified atom stereocenters. The summed E-state index contributed by atoms with van der Waals surface area (Å²) in [5.74, 6) is -1.59. The van der Waals surface area contributed by atoms with Gasteiger partial charge in [0.05, 0.1) is 47.6 Å². The van der Waals surface area contributed by atoms with Crippen molar-refractivity contribution in [1.82, 2.24) is 19.9 Å². The molecule has 0 atom stereocenters. The predicted molar refractivity (Wildman–Crippen MR) is 141 cm³/mol. The van der Waals surface area contributed by atoms with Crippen LogP contribution in [0.15, 0.2) is 54.5 Å². The number of likely N-dealkylation sites (tertiary alicyclic amines) is 1. The van der Waals surface area contributed by atoms with Gasteiger partial charge in [0.2, 0.25) is 0 Å². The third-order valence-electron chi connectivity index (χ3n) is 6.47. The Morgan fingerprint density at radius 2 is 1.87 bits per heavy atom. The number of piperidine rings is 1. The van der Waals surface area contributed by atoms with Crippen LogP contribution in [0.25, 0.3) is 27.2 Å². The zero-order chi connectivity index (χ0) is 26.8. The number of rotatable bonds is 6. The van der Waals surface area contributed by atoms with Gasteiger partial charge in [-0.15, -0.1) is 11.3 Å². The first kappa shape index (κ1) is 24.9. The third kappa shape index (κ3) is 4.42. The zero-order valence-electron chi connectivity index (χ0n) is 20.4. The number of nitriles is 1. The van der Waals surface area contributed by atoms with Crippen molar-refractivity contribution in [2.24, 2.45) is 5.73 Å². The highest BCUT2D eigenvalue weighted by atomic mass is 32.1. The number of carbonyl (C=O) groups is 3. The van der Waals surface area contributed by atoms with Crippen molar-refractivity contribution in [3.05, 3.63) is 70.5 Å². The number of thiazole rings is 1. The minimum absolute atomic E-state index is 0.153. The van der Waals surface area contributed by atoms with Crippen molar-refractivity contribution in [3.63, 3.8) is 0 Å². The molecule has 0 aliphatic carbocycles. The van der Waals surface area contributed by atoms with Gasteiger partial charge in [-0.25, -0.2) is 9.97 Å². The van der Waals surface area contributed by atoms with E-state index in [0.29, 0.717) is 58.9 Å². The normalized spacial score (nSPS) is 13.3. The van der Waals surface area contributed by atoms with E-state index in [0.717, 1.165) is 22.5 Å². The topological polar surface area (TPSA) is 155 Å². The second-order valence-electron chi connectivity index (χ2n) is 8.60. The van der Waals surface area contributed by atoms with Crippen LogP contribution in [0.2, 0.25) is 0 Å². The van der Waals surface area contributed by atoms with Gasteiger partial charge in [0, 0.05) is 19.3 Å². The Kier molecular flexibility index (Phi) is 6.72. The van der Waals surface area contributed by atoms with Gasteiger partial charge in [-0.2, -0.15) is 5.26 Å². The lowest BCUT2D eigenvalue weighted by Gasteiger charge is -2.28. The molecule has 1 fully saturated rings. The Morgan fingerprint density at radius 1 is 1.13 bits per heavy atom. The predicted octanol–water partition coefficient (Wildman–Crippen LogP) is 3.58. The molecule has 4 aromatic rings. The first-order chi connectivity index (χ1) is 18.4. The summed E-state index contributed by atoms with van der Waals surface area (Å²) in [6.45, 7) is 0.665. The van der Waals surface area contributed by atoms with Crippen molar-refractivity contribution in [2.45, 2.75) is 12.8 Å². The molecule has 1 aliphatic rings. The minimum Gasteiger partial charge on any atom is -0.494 e. The van der Waals surface area contributed by atoms with E-state index in [-0.39, 0.29) is 10.4 Å². The molecule has 0 saturated carbocycles. The van der Waals surface area contributed by atoms with Crippen molar-refractivity contribution in [1.29, 1.82) is 5.26 Å². The first-order valence-corrected chi connectivity index (χ1v) is 12.6. The molecule has 0 spiro atoms. The smallest absolute Gasteiger partial charge is 0.295 e. The van der Waals surface area contributed by atoms with E-state index in [1.165, 1.54) is 30.6 Å². The summed E-state index contributed by atoms with van der Waals surface area (Å²) in [5, 5.41) is 10.5. The van der Waals surface area contributed by atoms with E-state index in [1.807, 2.05) is 30.3 Å². The lowest BCUT2D eigenvalue weighted by Crippen LogP contribution is -2.40. The lowest BCUT2D eigenvalue weighted by molar-refractivity contribution is -0.126. The number of ether oxygens (including phenoxy) is 1. The molecule has 0 radical (unpaired) electrons. The summed E-state index contributed by atoms with van der Waals surface area (Å²) in [7, 11) is 1.45. The monoisotopic (exact) mass is 526 g/mol. The molecule has 2 amide bonds. The number of allylic oxidation sites excluding steroid dienone is 1. The molecule has 3 aromatic heterocycles. The summed E-state index contributed by atoms with van der Waals surface area (Å²) < 4.78 is 5.44. The molecule has 0 bridgehead atoms. The number of Topliss-reactive ketones (excluding diaryl/α,β-unsaturated/α-hetero) is 1. The van der Waals surface area contributed by atoms with Gasteiger partial charge in [0.15, 0.2) is 0 Å². The molecule has 3 N–H and O–H groups in total. The largest absolute Gasteiger partial charge is 0.494 e. The molecular weight excluding hydrogens is 504 g/mol. The average Bonchev–Trinajstić information content (AvgIpc) is 3.62. The molecule has 1 aliphatic heterocycles. The summed E-state index contributed by atoms with van der Waals surface area (Å²) in [4.78, 5) is 51.6. The van der Waals surface area contributed by atoms with Gasteiger partial charge >= 0.3 is 0 Å². The van der Waals surface area contributed by atoms with Crippen molar-refractivity contribution in [3.8, 4) is 22.5 Å². The molecule has 10 nitrogen and oxygen atoms in total. The number of amides is 2. The number of aromatic nitrogens is 3. The number of fused-ring (bicyclic) bond motifs is 1. The maximum atomic E-state index is 13.4. The Bertz CT molecular complexity index is 1640. The number of nitrogens with two attached hydrogens (primary N) is 1. The van der Waals surface area contributed by atoms with Crippen LogP contribution in [-0.4, -0.2) is 57.6 Å². The number of methoxy groups -OCH3 is 1. The Hall–Kier alpha value is -4.82. The Balaban J connectivity index is 1.42. The molecule has 38 heavy (non-hydrogen) atoms. The molecule has 11 heteroatoms. The highest BCUT2D eigenvalue weighted by molar-refractivity contribution is 7.17. The van der Waals surface area contributed by atoms with Crippen molar-refractivity contribution >= 4 is 45.4 Å². The number of benzene rings is 1. The number of hydrogen-bond acceptors (Lipinski definition) is 8. The number of nitrogens with zero attached hydrogens (tertiary/aromatic N) is 4. The van der Waals surface area contributed by atoms with Crippen LogP contribution in [-0.2, 0) is 4.79 Å². The van der Waals surface area contributed by atoms with Crippen LogP contribution >= 0.6 is 11.3 Å². The molecule has 5 rings (SSSR count). The first-order valence-electron chi connectivity index (χ1n) is 11.7. The van der Waals surface area contributed by atoms with E-state index in [2.05, 4.69) is 21.0 Å². The lowest BCUT2D eigenvalue weighted by atomic mass is 9.93. The number of ketones is 1. The number of pyridine rings is 1. The van der Waals surface area contributed by atoms with E-state index in [9.17, 15) is 19.6 Å². The number of carbonyl (C=O) groups excluding carboxylic acids is 3. The number of nitrogens with one attached hydrogen (secondary N) is 1. The van der Waals surface area contributed by atoms with Gasteiger partial charge in [0.25, 0.3) is 17.6 Å². The third-order valence-corrected chi connectivity index (χ3v) is 7.48. The van der Waals surface area contributed by atoms with Crippen LogP contribution in [0, 0.1) is 11.3 Å². The van der Waals surface area contributed by atoms with Gasteiger partial charge in [-0.05, 0) is 24.0 Å². The maximum Gasteiger partial charge on any atom is 0.295 e. The summed E-state index contributed by atoms with van der Waals surface area (Å²) >= 11 is 1.08. The molecular formula is C27H22N6O4S. The minimum atomic E-state index is -0.681. The van der Waals surface area contributed by atoms with Crippen LogP contribution in [0.1, 0.15) is 38.4 Å². The van der Waals surface area contributed by atoms with E-state index in [1.54, 1.807) is 0 Å². The molecule has 1 saturated heterocycles. The van der Waals surface area contributed by atoms with Crippen molar-refractivity contribution in [2.75, 3.05) is 20.2 Å². The summed E-state index contributed by atoms with van der Waals surface area (Å²) in [6.07, 6.45) is 5.29. The zero-order valence-corrected chi connectivity index (χ0v) is 21.2. The van der Waals surface area contributed by atoms with E-state index in [4.69, 9.17) is 10.5 Å². The number of hydrogen-bond donors (Lipinski definition) is 2. The highest BCUT2D eigenvalue weighted by Crippen LogP contribution is 2.36. The van der Waals surface area contributed by atoms with Crippen LogP contribution < -0.4 is 10.5 Å². The summed E-state index contributed by atoms with van der Waals surface area (Å²) in [6, 6.07) is 11.7. The van der Waals surface area contributed by atoms with Gasteiger partial charge in [0.1, 0.15) is 21.3 Å². The van der Waals surface area contributed by atoms with Gasteiger partial charge in [-0.1, -0.05) is 30.3 Å².